The minimum atomic E-state index is -4.19. The van der Waals surface area contributed by atoms with E-state index in [0.717, 1.165) is 0 Å². The van der Waals surface area contributed by atoms with Crippen LogP contribution in [0.5, 0.6) is 0 Å². The molecule has 2 aromatic rings. The molecule has 1 N–H and O–H groups in total. The van der Waals surface area contributed by atoms with Crippen LogP contribution in [0.25, 0.3) is 0 Å². The predicted molar refractivity (Wildman–Crippen MR) is 80.1 cm³/mol. The number of hydrogen-bond acceptors (Lipinski definition) is 3. The zero-order chi connectivity index (χ0) is 18.9. The van der Waals surface area contributed by atoms with Gasteiger partial charge in [-0.25, -0.2) is 26.8 Å². The van der Waals surface area contributed by atoms with Crippen molar-refractivity contribution in [2.45, 2.75) is 18.7 Å². The molecule has 0 fully saturated rings. The van der Waals surface area contributed by atoms with Crippen molar-refractivity contribution in [3.8, 4) is 0 Å². The fourth-order valence-electron chi connectivity index (χ4n) is 1.94. The molecule has 2 rings (SSSR count). The minimum Gasteiger partial charge on any atom is -0.203 e. The summed E-state index contributed by atoms with van der Waals surface area (Å²) in [7, 11) is -4.19. The molecule has 0 aliphatic carbocycles. The van der Waals surface area contributed by atoms with Gasteiger partial charge in [0.1, 0.15) is 0 Å². The fraction of sp³-hybridized carbons (Fsp3) is 0.133. The molecule has 134 valence electrons. The first-order valence-corrected chi connectivity index (χ1v) is 8.18. The summed E-state index contributed by atoms with van der Waals surface area (Å²) in [6.45, 7) is 3.17. The van der Waals surface area contributed by atoms with Gasteiger partial charge in [0.05, 0.1) is 16.7 Å². The highest BCUT2D eigenvalue weighted by Crippen LogP contribution is 2.22. The van der Waals surface area contributed by atoms with Crippen LogP contribution in [0.4, 0.5) is 22.0 Å². The quantitative estimate of drug-likeness (QED) is 0.292. The summed E-state index contributed by atoms with van der Waals surface area (Å²) in [6, 6.07) is 4.55. The molecule has 0 aliphatic rings. The molecule has 0 saturated carbocycles. The molecule has 4 nitrogen and oxygen atoms in total. The number of rotatable bonds is 4. The topological polar surface area (TPSA) is 58.5 Å². The van der Waals surface area contributed by atoms with Crippen molar-refractivity contribution in [2.75, 3.05) is 0 Å². The number of halogens is 5. The van der Waals surface area contributed by atoms with Crippen LogP contribution in [-0.2, 0) is 10.0 Å². The van der Waals surface area contributed by atoms with Crippen LogP contribution in [0.3, 0.4) is 0 Å². The zero-order valence-electron chi connectivity index (χ0n) is 12.9. The maximum absolute atomic E-state index is 13.5. The number of nitrogens with one attached hydrogen (secondary N) is 1. The van der Waals surface area contributed by atoms with Crippen molar-refractivity contribution in [3.05, 3.63) is 64.0 Å². The molecule has 0 aromatic heterocycles. The lowest BCUT2D eigenvalue weighted by molar-refractivity contribution is 0.377. The number of nitrogens with zero attached hydrogens (tertiary/aromatic N) is 1. The Morgan fingerprint density at radius 1 is 0.920 bits per heavy atom. The number of aryl methyl sites for hydroxylation is 2. The number of hydrazone groups is 1. The maximum Gasteiger partial charge on any atom is 0.276 e. The Morgan fingerprint density at radius 3 is 2.00 bits per heavy atom. The molecule has 0 aliphatic heterocycles. The number of sulfonamides is 1. The Hall–Kier alpha value is -2.49. The SMILES string of the molecule is Cc1ccc(C)c(S(=O)(=O)N/N=C/c2c(F)c(F)c(F)c(F)c2F)c1. The second kappa shape index (κ2) is 6.79. The summed E-state index contributed by atoms with van der Waals surface area (Å²) in [5.41, 5.74) is -0.348. The normalized spacial score (nSPS) is 12.0. The molecule has 0 amide bonds. The van der Waals surface area contributed by atoms with Crippen LogP contribution < -0.4 is 4.83 Å². The molecular weight excluding hydrogens is 367 g/mol. The minimum absolute atomic E-state index is 0.137. The molecule has 0 heterocycles. The van der Waals surface area contributed by atoms with Gasteiger partial charge in [-0.05, 0) is 31.0 Å². The van der Waals surface area contributed by atoms with E-state index in [1.807, 2.05) is 0 Å². The third-order valence-corrected chi connectivity index (χ3v) is 4.61. The monoisotopic (exact) mass is 378 g/mol. The molecule has 0 saturated heterocycles. The van der Waals surface area contributed by atoms with Crippen LogP contribution >= 0.6 is 0 Å². The second-order valence-electron chi connectivity index (χ2n) is 5.11. The predicted octanol–water partition coefficient (Wildman–Crippen LogP) is 3.31. The molecule has 0 radical (unpaired) electrons. The van der Waals surface area contributed by atoms with E-state index in [9.17, 15) is 30.4 Å². The van der Waals surface area contributed by atoms with E-state index in [4.69, 9.17) is 0 Å². The molecule has 2 aromatic carbocycles. The van der Waals surface area contributed by atoms with Gasteiger partial charge >= 0.3 is 0 Å². The summed E-state index contributed by atoms with van der Waals surface area (Å²) in [4.78, 5) is 1.53. The first-order valence-electron chi connectivity index (χ1n) is 6.70. The van der Waals surface area contributed by atoms with Crippen molar-refractivity contribution in [3.63, 3.8) is 0 Å². The zero-order valence-corrected chi connectivity index (χ0v) is 13.7. The molecule has 0 atom stereocenters. The van der Waals surface area contributed by atoms with Gasteiger partial charge in [0.15, 0.2) is 23.3 Å². The number of hydrogen-bond donors (Lipinski definition) is 1. The molecular formula is C15H11F5N2O2S. The van der Waals surface area contributed by atoms with Gasteiger partial charge in [-0.2, -0.15) is 13.5 Å². The van der Waals surface area contributed by atoms with Gasteiger partial charge in [0.2, 0.25) is 5.82 Å². The first-order chi connectivity index (χ1) is 11.6. The lowest BCUT2D eigenvalue weighted by atomic mass is 10.2. The van der Waals surface area contributed by atoms with Gasteiger partial charge in [0.25, 0.3) is 10.0 Å². The van der Waals surface area contributed by atoms with E-state index in [-0.39, 0.29) is 11.1 Å². The first kappa shape index (κ1) is 18.8. The highest BCUT2D eigenvalue weighted by atomic mass is 32.2. The highest BCUT2D eigenvalue weighted by Gasteiger charge is 2.25. The number of benzene rings is 2. The molecule has 0 bridgehead atoms. The molecule has 0 spiro atoms. The Labute approximate surface area is 140 Å². The molecule has 10 heteroatoms. The van der Waals surface area contributed by atoms with E-state index in [2.05, 4.69) is 5.10 Å². The van der Waals surface area contributed by atoms with Crippen LogP contribution in [0.2, 0.25) is 0 Å². The summed E-state index contributed by atoms with van der Waals surface area (Å²) in [6.07, 6.45) is 0.207. The maximum atomic E-state index is 13.5. The smallest absolute Gasteiger partial charge is 0.203 e. The third kappa shape index (κ3) is 3.63. The lowest BCUT2D eigenvalue weighted by Crippen LogP contribution is -2.20. The standard InChI is InChI=1S/C15H11F5N2O2S/c1-7-3-4-8(2)10(5-7)25(23,24)22-21-6-9-11(16)13(18)15(20)14(19)12(9)17/h3-6,22H,1-2H3/b21-6+. The highest BCUT2D eigenvalue weighted by molar-refractivity contribution is 7.89. The van der Waals surface area contributed by atoms with Crippen molar-refractivity contribution < 1.29 is 30.4 Å². The Kier molecular flexibility index (Phi) is 5.12. The van der Waals surface area contributed by atoms with Gasteiger partial charge in [-0.3, -0.25) is 0 Å². The van der Waals surface area contributed by atoms with Gasteiger partial charge < -0.3 is 0 Å². The largest absolute Gasteiger partial charge is 0.276 e. The van der Waals surface area contributed by atoms with Crippen LogP contribution in [-0.4, -0.2) is 14.6 Å². The van der Waals surface area contributed by atoms with Crippen molar-refractivity contribution >= 4 is 16.2 Å². The van der Waals surface area contributed by atoms with Crippen molar-refractivity contribution in [1.82, 2.24) is 4.83 Å². The summed E-state index contributed by atoms with van der Waals surface area (Å²) in [5, 5.41) is 3.10. The van der Waals surface area contributed by atoms with Gasteiger partial charge in [-0.1, -0.05) is 12.1 Å². The van der Waals surface area contributed by atoms with E-state index in [1.165, 1.54) is 19.1 Å². The van der Waals surface area contributed by atoms with Crippen LogP contribution in [0.1, 0.15) is 16.7 Å². The average molecular weight is 378 g/mol. The van der Waals surface area contributed by atoms with Gasteiger partial charge in [0, 0.05) is 0 Å². The van der Waals surface area contributed by atoms with Gasteiger partial charge in [-0.15, -0.1) is 0 Å². The molecule has 0 unspecified atom stereocenters. The summed E-state index contributed by atoms with van der Waals surface area (Å²) < 4.78 is 90.3. The van der Waals surface area contributed by atoms with Crippen molar-refractivity contribution in [1.29, 1.82) is 0 Å². The van der Waals surface area contributed by atoms with E-state index in [0.29, 0.717) is 11.1 Å². The van der Waals surface area contributed by atoms with E-state index < -0.39 is 44.7 Å². The third-order valence-electron chi connectivity index (χ3n) is 3.24. The average Bonchev–Trinajstić information content (AvgIpc) is 2.56. The Balaban J connectivity index is 2.37. The fourth-order valence-corrected chi connectivity index (χ4v) is 3.06. The van der Waals surface area contributed by atoms with Crippen LogP contribution in [0, 0.1) is 42.9 Å². The summed E-state index contributed by atoms with van der Waals surface area (Å²) >= 11 is 0. The van der Waals surface area contributed by atoms with E-state index in [1.54, 1.807) is 17.8 Å². The second-order valence-corrected chi connectivity index (χ2v) is 6.73. The van der Waals surface area contributed by atoms with E-state index >= 15 is 0 Å². The molecule has 25 heavy (non-hydrogen) atoms. The Morgan fingerprint density at radius 2 is 1.44 bits per heavy atom. The summed E-state index contributed by atoms with van der Waals surface area (Å²) in [5.74, 6) is -10.9. The lowest BCUT2D eigenvalue weighted by Gasteiger charge is -2.08. The van der Waals surface area contributed by atoms with Crippen LogP contribution in [0.15, 0.2) is 28.2 Å². The van der Waals surface area contributed by atoms with Crippen molar-refractivity contribution in [2.24, 2.45) is 5.10 Å². The Bertz CT molecular complexity index is 945.